The average Bonchev–Trinajstić information content (AvgIpc) is 2.45. The van der Waals surface area contributed by atoms with Gasteiger partial charge in [0.1, 0.15) is 0 Å². The number of amides is 1. The topological polar surface area (TPSA) is 60.8 Å². The van der Waals surface area contributed by atoms with Crippen LogP contribution in [0.2, 0.25) is 0 Å². The molecule has 4 heteroatoms. The zero-order valence-corrected chi connectivity index (χ0v) is 12.9. The lowest BCUT2D eigenvalue weighted by Crippen LogP contribution is -2.39. The van der Waals surface area contributed by atoms with Gasteiger partial charge in [0, 0.05) is 30.1 Å². The summed E-state index contributed by atoms with van der Waals surface area (Å²) in [4.78, 5) is 14.3. The lowest BCUT2D eigenvalue weighted by molar-refractivity contribution is 0.0664. The van der Waals surface area contributed by atoms with Crippen LogP contribution in [0, 0.1) is 18.8 Å². The Bertz CT molecular complexity index is 541. The number of rotatable bonds is 5. The van der Waals surface area contributed by atoms with Crippen LogP contribution in [0.15, 0.2) is 18.2 Å². The number of hydrogen-bond donors (Lipinski definition) is 2. The molecule has 0 unspecified atom stereocenters. The quantitative estimate of drug-likeness (QED) is 0.809. The highest BCUT2D eigenvalue weighted by molar-refractivity contribution is 5.96. The minimum atomic E-state index is -0.0950. The highest BCUT2D eigenvalue weighted by Gasteiger charge is 2.19. The number of aliphatic hydroxyl groups excluding tert-OH is 2. The molecule has 0 aliphatic carbocycles. The second kappa shape index (κ2) is 8.46. The molecule has 0 aliphatic rings. The summed E-state index contributed by atoms with van der Waals surface area (Å²) < 4.78 is 0. The molecule has 0 aliphatic heterocycles. The fraction of sp³-hybridized carbons (Fsp3) is 0.471. The third kappa shape index (κ3) is 4.89. The van der Waals surface area contributed by atoms with Crippen molar-refractivity contribution in [2.45, 2.75) is 33.2 Å². The lowest BCUT2D eigenvalue weighted by atomic mass is 10.0. The zero-order valence-electron chi connectivity index (χ0n) is 12.9. The smallest absolute Gasteiger partial charge is 0.254 e. The second-order valence-electron chi connectivity index (χ2n) is 5.12. The molecule has 0 saturated heterocycles. The van der Waals surface area contributed by atoms with E-state index in [2.05, 4.69) is 11.8 Å². The molecule has 0 heterocycles. The van der Waals surface area contributed by atoms with Gasteiger partial charge in [-0.15, -0.1) is 0 Å². The van der Waals surface area contributed by atoms with Crippen molar-refractivity contribution in [1.29, 1.82) is 0 Å². The molecule has 0 fully saturated rings. The third-order valence-corrected chi connectivity index (χ3v) is 3.16. The second-order valence-corrected chi connectivity index (χ2v) is 5.12. The Kier molecular flexibility index (Phi) is 6.93. The van der Waals surface area contributed by atoms with E-state index in [0.717, 1.165) is 11.1 Å². The van der Waals surface area contributed by atoms with Gasteiger partial charge in [-0.25, -0.2) is 0 Å². The molecule has 1 rings (SSSR count). The molecule has 0 aromatic heterocycles. The van der Waals surface area contributed by atoms with Crippen LogP contribution in [0.3, 0.4) is 0 Å². The molecule has 114 valence electrons. The normalized spacial score (nSPS) is 10.2. The fourth-order valence-corrected chi connectivity index (χ4v) is 2.01. The van der Waals surface area contributed by atoms with Crippen molar-refractivity contribution in [2.75, 3.05) is 19.8 Å². The molecule has 1 amide bonds. The van der Waals surface area contributed by atoms with Crippen molar-refractivity contribution in [3.63, 3.8) is 0 Å². The van der Waals surface area contributed by atoms with Gasteiger partial charge in [0.05, 0.1) is 13.2 Å². The summed E-state index contributed by atoms with van der Waals surface area (Å²) >= 11 is 0. The van der Waals surface area contributed by atoms with E-state index in [0.29, 0.717) is 18.5 Å². The Hall–Kier alpha value is -1.83. The Morgan fingerprint density at radius 1 is 1.29 bits per heavy atom. The van der Waals surface area contributed by atoms with Crippen molar-refractivity contribution in [1.82, 2.24) is 4.90 Å². The van der Waals surface area contributed by atoms with Gasteiger partial charge in [0.2, 0.25) is 0 Å². The molecule has 2 N–H and O–H groups in total. The minimum absolute atomic E-state index is 0.0215. The molecule has 0 bridgehead atoms. The van der Waals surface area contributed by atoms with E-state index < -0.39 is 0 Å². The lowest BCUT2D eigenvalue weighted by Gasteiger charge is -2.26. The summed E-state index contributed by atoms with van der Waals surface area (Å²) in [7, 11) is 0. The zero-order chi connectivity index (χ0) is 15.8. The summed E-state index contributed by atoms with van der Waals surface area (Å²) in [5, 5.41) is 17.8. The first-order valence-corrected chi connectivity index (χ1v) is 7.13. The van der Waals surface area contributed by atoms with Crippen LogP contribution < -0.4 is 0 Å². The molecule has 21 heavy (non-hydrogen) atoms. The summed E-state index contributed by atoms with van der Waals surface area (Å²) in [5.74, 6) is 5.69. The van der Waals surface area contributed by atoms with Crippen LogP contribution in [0.25, 0.3) is 0 Å². The summed E-state index contributed by atoms with van der Waals surface area (Å²) in [5.41, 5.74) is 2.24. The van der Waals surface area contributed by atoms with Crippen LogP contribution in [-0.4, -0.2) is 46.8 Å². The Balaban J connectivity index is 3.08. The average molecular weight is 289 g/mol. The van der Waals surface area contributed by atoms with Gasteiger partial charge in [0.15, 0.2) is 0 Å². The highest BCUT2D eigenvalue weighted by Crippen LogP contribution is 2.15. The van der Waals surface area contributed by atoms with Crippen LogP contribution in [0.5, 0.6) is 0 Å². The summed E-state index contributed by atoms with van der Waals surface area (Å²) in [6, 6.07) is 5.53. The monoisotopic (exact) mass is 289 g/mol. The number of aryl methyl sites for hydroxylation is 1. The van der Waals surface area contributed by atoms with Gasteiger partial charge < -0.3 is 15.1 Å². The van der Waals surface area contributed by atoms with E-state index in [1.165, 1.54) is 0 Å². The van der Waals surface area contributed by atoms with E-state index in [1.54, 1.807) is 11.0 Å². The molecule has 0 spiro atoms. The molecule has 4 nitrogen and oxygen atoms in total. The SMILES string of the molecule is Cc1ccc(C#CCCO)cc1C(=O)N(CCO)C(C)C. The maximum absolute atomic E-state index is 12.6. The molecule has 0 radical (unpaired) electrons. The molecule has 1 aromatic carbocycles. The van der Waals surface area contributed by atoms with Crippen molar-refractivity contribution in [2.24, 2.45) is 0 Å². The molecular formula is C17H23NO3. The minimum Gasteiger partial charge on any atom is -0.395 e. The van der Waals surface area contributed by atoms with E-state index in [4.69, 9.17) is 10.2 Å². The van der Waals surface area contributed by atoms with E-state index in [-0.39, 0.29) is 25.2 Å². The number of carbonyl (C=O) groups is 1. The largest absolute Gasteiger partial charge is 0.395 e. The Morgan fingerprint density at radius 3 is 2.57 bits per heavy atom. The molecular weight excluding hydrogens is 266 g/mol. The van der Waals surface area contributed by atoms with Gasteiger partial charge in [0.25, 0.3) is 5.91 Å². The van der Waals surface area contributed by atoms with Gasteiger partial charge in [-0.05, 0) is 38.5 Å². The standard InChI is InChI=1S/C17H23NO3/c1-13(2)18(9-11-20)17(21)16-12-15(6-4-5-10-19)8-7-14(16)3/h7-8,12-13,19-20H,5,9-11H2,1-3H3. The van der Waals surface area contributed by atoms with Gasteiger partial charge in [-0.1, -0.05) is 17.9 Å². The first-order valence-electron chi connectivity index (χ1n) is 7.13. The number of carbonyl (C=O) groups excluding carboxylic acids is 1. The van der Waals surface area contributed by atoms with Gasteiger partial charge >= 0.3 is 0 Å². The maximum atomic E-state index is 12.6. The number of benzene rings is 1. The van der Waals surface area contributed by atoms with E-state index in [9.17, 15) is 4.79 Å². The van der Waals surface area contributed by atoms with Crippen molar-refractivity contribution in [3.8, 4) is 11.8 Å². The number of aliphatic hydroxyl groups is 2. The first kappa shape index (κ1) is 17.2. The predicted molar refractivity (Wildman–Crippen MR) is 83.0 cm³/mol. The maximum Gasteiger partial charge on any atom is 0.254 e. The van der Waals surface area contributed by atoms with E-state index >= 15 is 0 Å². The molecule has 1 aromatic rings. The fourth-order valence-electron chi connectivity index (χ4n) is 2.01. The van der Waals surface area contributed by atoms with E-state index in [1.807, 2.05) is 32.9 Å². The van der Waals surface area contributed by atoms with Gasteiger partial charge in [-0.3, -0.25) is 4.79 Å². The third-order valence-electron chi connectivity index (χ3n) is 3.16. The van der Waals surface area contributed by atoms with Crippen molar-refractivity contribution in [3.05, 3.63) is 34.9 Å². The van der Waals surface area contributed by atoms with Crippen LogP contribution in [0.4, 0.5) is 0 Å². The van der Waals surface area contributed by atoms with Crippen molar-refractivity contribution >= 4 is 5.91 Å². The predicted octanol–water partition coefficient (Wildman–Crippen LogP) is 1.57. The Morgan fingerprint density at radius 2 is 2.00 bits per heavy atom. The number of nitrogens with zero attached hydrogens (tertiary/aromatic N) is 1. The van der Waals surface area contributed by atoms with Crippen LogP contribution in [-0.2, 0) is 0 Å². The summed E-state index contributed by atoms with van der Waals surface area (Å²) in [6.45, 7) is 6.02. The van der Waals surface area contributed by atoms with Crippen molar-refractivity contribution < 1.29 is 15.0 Å². The summed E-state index contributed by atoms with van der Waals surface area (Å²) in [6.07, 6.45) is 0.416. The van der Waals surface area contributed by atoms with Crippen LogP contribution in [0.1, 0.15) is 41.8 Å². The van der Waals surface area contributed by atoms with Crippen LogP contribution >= 0.6 is 0 Å². The number of hydrogen-bond acceptors (Lipinski definition) is 3. The highest BCUT2D eigenvalue weighted by atomic mass is 16.3. The first-order chi connectivity index (χ1) is 10.0. The van der Waals surface area contributed by atoms with Gasteiger partial charge in [-0.2, -0.15) is 0 Å². The molecule has 0 saturated carbocycles. The molecule has 0 atom stereocenters. The Labute approximate surface area is 126 Å².